The maximum Gasteiger partial charge on any atom is 0.230 e. The average molecular weight is 393 g/mol. The molecule has 1 amide bonds. The molecule has 0 spiro atoms. The Morgan fingerprint density at radius 2 is 2.07 bits per heavy atom. The van der Waals surface area contributed by atoms with Crippen molar-refractivity contribution in [1.82, 2.24) is 20.1 Å². The van der Waals surface area contributed by atoms with E-state index in [1.165, 1.54) is 37.1 Å². The van der Waals surface area contributed by atoms with Crippen LogP contribution < -0.4 is 10.1 Å². The summed E-state index contributed by atoms with van der Waals surface area (Å²) in [6, 6.07) is 6.57. The number of para-hydroxylation sites is 1. The molecule has 0 bridgehead atoms. The van der Waals surface area contributed by atoms with E-state index >= 15 is 0 Å². The Kier molecular flexibility index (Phi) is 7.09. The molecular formula is C19H25FN4O2S. The number of hydrogen-bond donors (Lipinski definition) is 1. The lowest BCUT2D eigenvalue weighted by atomic mass is 9.95. The van der Waals surface area contributed by atoms with E-state index in [0.29, 0.717) is 29.3 Å². The van der Waals surface area contributed by atoms with Gasteiger partial charge in [0.1, 0.15) is 6.61 Å². The quantitative estimate of drug-likeness (QED) is 0.696. The molecule has 8 heteroatoms. The zero-order valence-electron chi connectivity index (χ0n) is 15.5. The molecule has 1 aliphatic carbocycles. The molecule has 1 aromatic carbocycles. The molecule has 1 aliphatic rings. The van der Waals surface area contributed by atoms with Gasteiger partial charge >= 0.3 is 0 Å². The summed E-state index contributed by atoms with van der Waals surface area (Å²) < 4.78 is 21.1. The minimum Gasteiger partial charge on any atom is -0.483 e. The number of nitrogens with zero attached hydrogens (tertiary/aromatic N) is 3. The fourth-order valence-corrected chi connectivity index (χ4v) is 4.03. The molecule has 1 aromatic heterocycles. The van der Waals surface area contributed by atoms with Crippen molar-refractivity contribution < 1.29 is 13.9 Å². The molecule has 0 atom stereocenters. The standard InChI is InChI=1S/C19H25FN4O2S/c1-2-24-17(12-26-16-11-7-6-10-15(16)20)22-23-19(24)27-13-18(25)21-14-8-4-3-5-9-14/h6-7,10-11,14H,2-5,8-9,12-13H2,1H3,(H,21,25). The van der Waals surface area contributed by atoms with E-state index in [1.54, 1.807) is 18.2 Å². The van der Waals surface area contributed by atoms with Crippen LogP contribution >= 0.6 is 11.8 Å². The number of nitrogens with one attached hydrogen (secondary N) is 1. The van der Waals surface area contributed by atoms with Crippen molar-refractivity contribution in [3.63, 3.8) is 0 Å². The second-order valence-corrected chi connectivity index (χ2v) is 7.50. The van der Waals surface area contributed by atoms with Gasteiger partial charge in [-0.2, -0.15) is 0 Å². The first-order valence-electron chi connectivity index (χ1n) is 9.39. The zero-order valence-corrected chi connectivity index (χ0v) is 16.3. The van der Waals surface area contributed by atoms with Gasteiger partial charge in [-0.15, -0.1) is 10.2 Å². The summed E-state index contributed by atoms with van der Waals surface area (Å²) in [7, 11) is 0. The predicted molar refractivity (Wildman–Crippen MR) is 102 cm³/mol. The number of rotatable bonds is 8. The van der Waals surface area contributed by atoms with Gasteiger partial charge in [-0.25, -0.2) is 4.39 Å². The Hall–Kier alpha value is -2.09. The molecule has 1 heterocycles. The summed E-state index contributed by atoms with van der Waals surface area (Å²) in [5.41, 5.74) is 0. The highest BCUT2D eigenvalue weighted by molar-refractivity contribution is 7.99. The monoisotopic (exact) mass is 392 g/mol. The van der Waals surface area contributed by atoms with Crippen LogP contribution in [-0.2, 0) is 17.9 Å². The summed E-state index contributed by atoms with van der Waals surface area (Å²) in [6.45, 7) is 2.74. The Bertz CT molecular complexity index is 762. The Labute approximate surface area is 162 Å². The molecule has 0 aliphatic heterocycles. The van der Waals surface area contributed by atoms with Crippen LogP contribution in [0.1, 0.15) is 44.9 Å². The number of aromatic nitrogens is 3. The van der Waals surface area contributed by atoms with Gasteiger partial charge in [-0.05, 0) is 31.9 Å². The smallest absolute Gasteiger partial charge is 0.230 e. The number of thioether (sulfide) groups is 1. The van der Waals surface area contributed by atoms with Crippen molar-refractivity contribution in [1.29, 1.82) is 0 Å². The summed E-state index contributed by atoms with van der Waals surface area (Å²) >= 11 is 1.36. The molecule has 3 rings (SSSR count). The van der Waals surface area contributed by atoms with Crippen LogP contribution in [0.4, 0.5) is 4.39 Å². The second kappa shape index (κ2) is 9.73. The van der Waals surface area contributed by atoms with Gasteiger partial charge < -0.3 is 14.6 Å². The summed E-state index contributed by atoms with van der Waals surface area (Å²) in [4.78, 5) is 12.2. The highest BCUT2D eigenvalue weighted by Crippen LogP contribution is 2.21. The fourth-order valence-electron chi connectivity index (χ4n) is 3.20. The predicted octanol–water partition coefficient (Wildman–Crippen LogP) is 3.56. The third-order valence-electron chi connectivity index (χ3n) is 4.61. The van der Waals surface area contributed by atoms with Crippen molar-refractivity contribution in [2.75, 3.05) is 5.75 Å². The lowest BCUT2D eigenvalue weighted by Gasteiger charge is -2.22. The van der Waals surface area contributed by atoms with Gasteiger partial charge in [-0.3, -0.25) is 4.79 Å². The van der Waals surface area contributed by atoms with Crippen LogP contribution in [-0.4, -0.2) is 32.5 Å². The Morgan fingerprint density at radius 1 is 1.30 bits per heavy atom. The third kappa shape index (κ3) is 5.45. The molecule has 1 fully saturated rings. The Balaban J connectivity index is 1.53. The minimum atomic E-state index is -0.408. The lowest BCUT2D eigenvalue weighted by molar-refractivity contribution is -0.119. The van der Waals surface area contributed by atoms with Crippen molar-refractivity contribution >= 4 is 17.7 Å². The summed E-state index contributed by atoms with van der Waals surface area (Å²) in [6.07, 6.45) is 5.78. The van der Waals surface area contributed by atoms with Gasteiger partial charge in [0.05, 0.1) is 5.75 Å². The SMILES string of the molecule is CCn1c(COc2ccccc2F)nnc1SCC(=O)NC1CCCCC1. The van der Waals surface area contributed by atoms with Gasteiger partial charge in [0.25, 0.3) is 0 Å². The number of hydrogen-bond acceptors (Lipinski definition) is 5. The average Bonchev–Trinajstić information content (AvgIpc) is 3.08. The van der Waals surface area contributed by atoms with E-state index < -0.39 is 5.82 Å². The molecule has 2 aromatic rings. The molecule has 0 saturated heterocycles. The normalized spacial score (nSPS) is 14.9. The van der Waals surface area contributed by atoms with Crippen LogP contribution in [0.5, 0.6) is 5.75 Å². The summed E-state index contributed by atoms with van der Waals surface area (Å²) in [5, 5.41) is 12.1. The van der Waals surface area contributed by atoms with Crippen molar-refractivity contribution in [3.05, 3.63) is 35.9 Å². The van der Waals surface area contributed by atoms with Crippen LogP contribution in [0.3, 0.4) is 0 Å². The van der Waals surface area contributed by atoms with E-state index in [9.17, 15) is 9.18 Å². The molecule has 1 saturated carbocycles. The lowest BCUT2D eigenvalue weighted by Crippen LogP contribution is -2.37. The minimum absolute atomic E-state index is 0.0294. The number of carbonyl (C=O) groups is 1. The second-order valence-electron chi connectivity index (χ2n) is 6.55. The summed E-state index contributed by atoms with van der Waals surface area (Å²) in [5.74, 6) is 0.721. The van der Waals surface area contributed by atoms with Crippen molar-refractivity contribution in [2.45, 2.75) is 63.4 Å². The van der Waals surface area contributed by atoms with Gasteiger partial charge in [0.2, 0.25) is 5.91 Å². The molecule has 6 nitrogen and oxygen atoms in total. The van der Waals surface area contributed by atoms with E-state index in [0.717, 1.165) is 12.8 Å². The number of amides is 1. The van der Waals surface area contributed by atoms with Crippen molar-refractivity contribution in [2.24, 2.45) is 0 Å². The molecule has 146 valence electrons. The highest BCUT2D eigenvalue weighted by Gasteiger charge is 2.18. The van der Waals surface area contributed by atoms with Crippen LogP contribution in [0.15, 0.2) is 29.4 Å². The largest absolute Gasteiger partial charge is 0.483 e. The fraction of sp³-hybridized carbons (Fsp3) is 0.526. The van der Waals surface area contributed by atoms with Crippen molar-refractivity contribution in [3.8, 4) is 5.75 Å². The first kappa shape index (κ1) is 19.7. The first-order valence-corrected chi connectivity index (χ1v) is 10.4. The van der Waals surface area contributed by atoms with E-state index in [-0.39, 0.29) is 18.3 Å². The van der Waals surface area contributed by atoms with Gasteiger partial charge in [-0.1, -0.05) is 43.2 Å². The van der Waals surface area contributed by atoms with E-state index in [2.05, 4.69) is 15.5 Å². The third-order valence-corrected chi connectivity index (χ3v) is 5.57. The molecule has 1 N–H and O–H groups in total. The maximum absolute atomic E-state index is 13.7. The first-order chi connectivity index (χ1) is 13.2. The zero-order chi connectivity index (χ0) is 19.1. The number of carbonyl (C=O) groups excluding carboxylic acids is 1. The number of ether oxygens (including phenoxy) is 1. The van der Waals surface area contributed by atoms with Crippen LogP contribution in [0.25, 0.3) is 0 Å². The van der Waals surface area contributed by atoms with Gasteiger partial charge in [0.15, 0.2) is 22.5 Å². The van der Waals surface area contributed by atoms with Crippen LogP contribution in [0, 0.1) is 5.82 Å². The maximum atomic E-state index is 13.7. The van der Waals surface area contributed by atoms with E-state index in [1.807, 2.05) is 11.5 Å². The molecular weight excluding hydrogens is 367 g/mol. The highest BCUT2D eigenvalue weighted by atomic mass is 32.2. The van der Waals surface area contributed by atoms with E-state index in [4.69, 9.17) is 4.74 Å². The topological polar surface area (TPSA) is 69.0 Å². The number of benzene rings is 1. The number of halogens is 1. The molecule has 0 unspecified atom stereocenters. The molecule has 0 radical (unpaired) electrons. The van der Waals surface area contributed by atoms with Gasteiger partial charge in [0, 0.05) is 12.6 Å². The van der Waals surface area contributed by atoms with Crippen LogP contribution in [0.2, 0.25) is 0 Å². The Morgan fingerprint density at radius 3 is 2.81 bits per heavy atom. The molecule has 27 heavy (non-hydrogen) atoms.